The van der Waals surface area contributed by atoms with Crippen molar-refractivity contribution in [3.8, 4) is 16.9 Å². The van der Waals surface area contributed by atoms with Crippen molar-refractivity contribution in [2.45, 2.75) is 24.7 Å². The first-order valence-corrected chi connectivity index (χ1v) is 7.94. The van der Waals surface area contributed by atoms with E-state index in [1.807, 2.05) is 18.3 Å². The van der Waals surface area contributed by atoms with E-state index in [1.54, 1.807) is 13.3 Å². The number of hydrogen-bond donors (Lipinski definition) is 2. The van der Waals surface area contributed by atoms with E-state index in [9.17, 15) is 0 Å². The van der Waals surface area contributed by atoms with Crippen molar-refractivity contribution in [1.29, 1.82) is 0 Å². The summed E-state index contributed by atoms with van der Waals surface area (Å²) in [6.45, 7) is 0.691. The van der Waals surface area contributed by atoms with Gasteiger partial charge in [-0.3, -0.25) is 5.10 Å². The van der Waals surface area contributed by atoms with E-state index >= 15 is 0 Å². The van der Waals surface area contributed by atoms with Crippen molar-refractivity contribution in [1.82, 2.24) is 15.2 Å². The summed E-state index contributed by atoms with van der Waals surface area (Å²) in [6, 6.07) is 8.44. The zero-order chi connectivity index (χ0) is 15.9. The monoisotopic (exact) mass is 308 g/mol. The van der Waals surface area contributed by atoms with Crippen LogP contribution in [0.25, 0.3) is 22.2 Å². The molecule has 1 saturated carbocycles. The zero-order valence-corrected chi connectivity index (χ0v) is 13.2. The van der Waals surface area contributed by atoms with Gasteiger partial charge in [-0.2, -0.15) is 5.10 Å². The Kier molecular flexibility index (Phi) is 3.31. The number of nitrogens with one attached hydrogen (secondary N) is 1. The Labute approximate surface area is 134 Å². The SMILES string of the molecule is COc1ccc(C2(CN)CCC2)cc1-c1ccnc2[nH]ncc12. The van der Waals surface area contributed by atoms with E-state index in [4.69, 9.17) is 10.5 Å². The molecule has 5 nitrogen and oxygen atoms in total. The van der Waals surface area contributed by atoms with Gasteiger partial charge in [0.25, 0.3) is 0 Å². The van der Waals surface area contributed by atoms with E-state index in [-0.39, 0.29) is 5.41 Å². The maximum atomic E-state index is 6.08. The summed E-state index contributed by atoms with van der Waals surface area (Å²) in [5, 5.41) is 8.03. The lowest BCUT2D eigenvalue weighted by atomic mass is 9.64. The number of fused-ring (bicyclic) bond motifs is 1. The van der Waals surface area contributed by atoms with Gasteiger partial charge in [0, 0.05) is 29.1 Å². The highest BCUT2D eigenvalue weighted by Gasteiger charge is 2.37. The molecule has 0 bridgehead atoms. The minimum Gasteiger partial charge on any atom is -0.496 e. The Morgan fingerprint density at radius 1 is 1.26 bits per heavy atom. The smallest absolute Gasteiger partial charge is 0.155 e. The molecule has 4 rings (SSSR count). The molecule has 0 amide bonds. The lowest BCUT2D eigenvalue weighted by molar-refractivity contribution is 0.253. The van der Waals surface area contributed by atoms with Crippen LogP contribution in [0.3, 0.4) is 0 Å². The third-order valence-corrected chi connectivity index (χ3v) is 5.16. The summed E-state index contributed by atoms with van der Waals surface area (Å²) in [5.74, 6) is 0.856. The molecule has 2 aromatic heterocycles. The Balaban J connectivity index is 1.91. The minimum absolute atomic E-state index is 0.129. The van der Waals surface area contributed by atoms with Gasteiger partial charge in [-0.25, -0.2) is 4.98 Å². The molecule has 0 aliphatic heterocycles. The fourth-order valence-electron chi connectivity index (χ4n) is 3.55. The molecule has 0 atom stereocenters. The average Bonchev–Trinajstić information content (AvgIpc) is 3.03. The highest BCUT2D eigenvalue weighted by molar-refractivity contribution is 5.94. The molecule has 1 fully saturated rings. The molecule has 118 valence electrons. The highest BCUT2D eigenvalue weighted by atomic mass is 16.5. The van der Waals surface area contributed by atoms with Crippen molar-refractivity contribution >= 4 is 11.0 Å². The van der Waals surface area contributed by atoms with Gasteiger partial charge in [-0.1, -0.05) is 12.5 Å². The summed E-state index contributed by atoms with van der Waals surface area (Å²) in [5.41, 5.74) is 10.4. The van der Waals surface area contributed by atoms with Crippen LogP contribution in [0.4, 0.5) is 0 Å². The van der Waals surface area contributed by atoms with Gasteiger partial charge in [0.2, 0.25) is 0 Å². The second kappa shape index (κ2) is 5.35. The van der Waals surface area contributed by atoms with E-state index in [1.165, 1.54) is 12.0 Å². The number of methoxy groups -OCH3 is 1. The maximum Gasteiger partial charge on any atom is 0.155 e. The predicted molar refractivity (Wildman–Crippen MR) is 90.5 cm³/mol. The molecule has 5 heteroatoms. The Morgan fingerprint density at radius 2 is 2.13 bits per heavy atom. The normalized spacial score (nSPS) is 16.3. The van der Waals surface area contributed by atoms with Crippen LogP contribution in [0, 0.1) is 0 Å². The number of nitrogens with zero attached hydrogens (tertiary/aromatic N) is 2. The van der Waals surface area contributed by atoms with Crippen LogP contribution in [0.15, 0.2) is 36.7 Å². The molecule has 1 aliphatic rings. The molecule has 23 heavy (non-hydrogen) atoms. The number of benzene rings is 1. The lowest BCUT2D eigenvalue weighted by Gasteiger charge is -2.41. The van der Waals surface area contributed by atoms with Crippen molar-refractivity contribution in [3.05, 3.63) is 42.2 Å². The highest BCUT2D eigenvalue weighted by Crippen LogP contribution is 2.45. The molecule has 0 radical (unpaired) electrons. The topological polar surface area (TPSA) is 76.8 Å². The first kappa shape index (κ1) is 14.2. The summed E-state index contributed by atoms with van der Waals surface area (Å²) in [7, 11) is 1.70. The van der Waals surface area contributed by atoms with Gasteiger partial charge in [-0.05, 0) is 42.2 Å². The van der Waals surface area contributed by atoms with Crippen molar-refractivity contribution < 1.29 is 4.74 Å². The first-order valence-electron chi connectivity index (χ1n) is 7.94. The Morgan fingerprint density at radius 3 is 2.83 bits per heavy atom. The van der Waals surface area contributed by atoms with Gasteiger partial charge in [-0.15, -0.1) is 0 Å². The van der Waals surface area contributed by atoms with E-state index in [0.717, 1.165) is 40.8 Å². The van der Waals surface area contributed by atoms with Crippen LogP contribution in [-0.4, -0.2) is 28.8 Å². The van der Waals surface area contributed by atoms with E-state index in [0.29, 0.717) is 6.54 Å². The fraction of sp³-hybridized carbons (Fsp3) is 0.333. The van der Waals surface area contributed by atoms with Crippen LogP contribution < -0.4 is 10.5 Å². The molecule has 1 aliphatic carbocycles. The van der Waals surface area contributed by atoms with Crippen LogP contribution >= 0.6 is 0 Å². The lowest BCUT2D eigenvalue weighted by Crippen LogP contribution is -2.41. The number of nitrogens with two attached hydrogens (primary N) is 1. The van der Waals surface area contributed by atoms with E-state index < -0.39 is 0 Å². The zero-order valence-electron chi connectivity index (χ0n) is 13.2. The first-order chi connectivity index (χ1) is 11.3. The third-order valence-electron chi connectivity index (χ3n) is 5.16. The van der Waals surface area contributed by atoms with Crippen LogP contribution in [0.1, 0.15) is 24.8 Å². The molecule has 2 heterocycles. The molecule has 0 saturated heterocycles. The Bertz CT molecular complexity index is 846. The van der Waals surface area contributed by atoms with Gasteiger partial charge in [0.15, 0.2) is 5.65 Å². The average molecular weight is 308 g/mol. The van der Waals surface area contributed by atoms with Crippen LogP contribution in [0.5, 0.6) is 5.75 Å². The molecule has 3 aromatic rings. The quantitative estimate of drug-likeness (QED) is 0.776. The third kappa shape index (κ3) is 2.11. The number of rotatable bonds is 4. The number of hydrogen-bond acceptors (Lipinski definition) is 4. The van der Waals surface area contributed by atoms with Gasteiger partial charge < -0.3 is 10.5 Å². The van der Waals surface area contributed by atoms with Gasteiger partial charge >= 0.3 is 0 Å². The molecule has 1 aromatic carbocycles. The number of pyridine rings is 1. The summed E-state index contributed by atoms with van der Waals surface area (Å²) >= 11 is 0. The molecular formula is C18H20N4O. The number of aromatic nitrogens is 3. The minimum atomic E-state index is 0.129. The standard InChI is InChI=1S/C18H20N4O/c1-23-16-4-3-12(18(11-19)6-2-7-18)9-14(16)13-5-8-20-17-15(13)10-21-22-17/h3-5,8-10H,2,6-7,11,19H2,1H3,(H,20,21,22). The van der Waals surface area contributed by atoms with Crippen LogP contribution in [0.2, 0.25) is 0 Å². The predicted octanol–water partition coefficient (Wildman–Crippen LogP) is 3.01. The number of aromatic amines is 1. The molecule has 3 N–H and O–H groups in total. The number of ether oxygens (including phenoxy) is 1. The molecular weight excluding hydrogens is 288 g/mol. The summed E-state index contributed by atoms with van der Waals surface area (Å²) in [4.78, 5) is 4.32. The van der Waals surface area contributed by atoms with Gasteiger partial charge in [0.05, 0.1) is 13.3 Å². The van der Waals surface area contributed by atoms with Crippen molar-refractivity contribution in [2.75, 3.05) is 13.7 Å². The van der Waals surface area contributed by atoms with Crippen molar-refractivity contribution in [3.63, 3.8) is 0 Å². The number of H-pyrrole nitrogens is 1. The molecule has 0 unspecified atom stereocenters. The van der Waals surface area contributed by atoms with Crippen LogP contribution in [-0.2, 0) is 5.41 Å². The second-order valence-electron chi connectivity index (χ2n) is 6.24. The summed E-state index contributed by atoms with van der Waals surface area (Å²) < 4.78 is 5.60. The largest absolute Gasteiger partial charge is 0.496 e. The van der Waals surface area contributed by atoms with E-state index in [2.05, 4.69) is 27.3 Å². The van der Waals surface area contributed by atoms with Gasteiger partial charge in [0.1, 0.15) is 5.75 Å². The fourth-order valence-corrected chi connectivity index (χ4v) is 3.55. The molecule has 0 spiro atoms. The van der Waals surface area contributed by atoms with Crippen molar-refractivity contribution in [2.24, 2.45) is 5.73 Å². The second-order valence-corrected chi connectivity index (χ2v) is 6.24. The summed E-state index contributed by atoms with van der Waals surface area (Å²) in [6.07, 6.45) is 7.18. The Hall–Kier alpha value is -2.40. The maximum absolute atomic E-state index is 6.08.